The van der Waals surface area contributed by atoms with Gasteiger partial charge in [-0.25, -0.2) is 9.97 Å². The summed E-state index contributed by atoms with van der Waals surface area (Å²) in [5.74, 6) is 0.399. The number of amides is 1. The highest BCUT2D eigenvalue weighted by molar-refractivity contribution is 7.98. The number of rotatable bonds is 6. The molecule has 25 heavy (non-hydrogen) atoms. The molecule has 0 fully saturated rings. The van der Waals surface area contributed by atoms with Crippen LogP contribution in [0.5, 0.6) is 0 Å². The largest absolute Gasteiger partial charge is 0.326 e. The van der Waals surface area contributed by atoms with Gasteiger partial charge < -0.3 is 5.32 Å². The zero-order chi connectivity index (χ0) is 18.6. The number of thioether (sulfide) groups is 1. The Bertz CT molecular complexity index is 749. The van der Waals surface area contributed by atoms with Crippen molar-refractivity contribution in [3.8, 4) is 0 Å². The van der Waals surface area contributed by atoms with Gasteiger partial charge in [0, 0.05) is 23.5 Å². The molecular formula is C20H27N3OS. The first-order valence-corrected chi connectivity index (χ1v) is 9.83. The number of para-hydroxylation sites is 1. The molecule has 1 N–H and O–H groups in total. The van der Waals surface area contributed by atoms with Crippen LogP contribution in [0.3, 0.4) is 0 Å². The second-order valence-electron chi connectivity index (χ2n) is 6.60. The Morgan fingerprint density at radius 2 is 1.80 bits per heavy atom. The van der Waals surface area contributed by atoms with Crippen molar-refractivity contribution in [3.63, 3.8) is 0 Å². The zero-order valence-electron chi connectivity index (χ0n) is 15.9. The molecule has 0 bridgehead atoms. The van der Waals surface area contributed by atoms with Crippen LogP contribution in [-0.2, 0) is 11.2 Å². The normalized spacial score (nSPS) is 11.0. The number of hydrogen-bond donors (Lipinski definition) is 1. The number of anilines is 1. The summed E-state index contributed by atoms with van der Waals surface area (Å²) >= 11 is 1.54. The van der Waals surface area contributed by atoms with E-state index in [1.165, 1.54) is 17.3 Å². The molecule has 0 aliphatic carbocycles. The van der Waals surface area contributed by atoms with Crippen molar-refractivity contribution in [1.82, 2.24) is 9.97 Å². The molecule has 0 saturated carbocycles. The molecule has 0 aliphatic heterocycles. The Kier molecular flexibility index (Phi) is 6.59. The fraction of sp³-hybridized carbons (Fsp3) is 0.450. The lowest BCUT2D eigenvalue weighted by Gasteiger charge is -2.17. The molecular weight excluding hydrogens is 330 g/mol. The molecule has 0 saturated heterocycles. The lowest BCUT2D eigenvalue weighted by atomic mass is 9.98. The lowest BCUT2D eigenvalue weighted by Crippen LogP contribution is -2.16. The summed E-state index contributed by atoms with van der Waals surface area (Å²) in [6.45, 7) is 10.3. The van der Waals surface area contributed by atoms with Crippen molar-refractivity contribution in [1.29, 1.82) is 0 Å². The van der Waals surface area contributed by atoms with E-state index in [9.17, 15) is 4.79 Å². The number of aromatic nitrogens is 2. The number of benzene rings is 1. The third-order valence-electron chi connectivity index (χ3n) is 4.38. The molecule has 1 aromatic carbocycles. The van der Waals surface area contributed by atoms with Gasteiger partial charge in [0.15, 0.2) is 5.16 Å². The molecule has 0 radical (unpaired) electrons. The zero-order valence-corrected chi connectivity index (χ0v) is 16.8. The molecule has 0 atom stereocenters. The molecule has 1 amide bonds. The summed E-state index contributed by atoms with van der Waals surface area (Å²) in [6, 6.07) is 6.15. The number of aryl methyl sites for hydroxylation is 3. The van der Waals surface area contributed by atoms with Crippen molar-refractivity contribution < 1.29 is 4.79 Å². The molecule has 0 unspecified atom stereocenters. The van der Waals surface area contributed by atoms with E-state index in [1.54, 1.807) is 0 Å². The monoisotopic (exact) mass is 357 g/mol. The van der Waals surface area contributed by atoms with Crippen LogP contribution in [0.2, 0.25) is 0 Å². The second kappa shape index (κ2) is 8.48. The highest BCUT2D eigenvalue weighted by atomic mass is 32.2. The third kappa shape index (κ3) is 4.82. The van der Waals surface area contributed by atoms with Crippen molar-refractivity contribution in [2.24, 2.45) is 0 Å². The van der Waals surface area contributed by atoms with Crippen LogP contribution in [0.15, 0.2) is 23.4 Å². The predicted octanol–water partition coefficient (Wildman–Crippen LogP) is 4.82. The molecule has 2 rings (SSSR count). The van der Waals surface area contributed by atoms with Gasteiger partial charge in [-0.1, -0.05) is 43.8 Å². The van der Waals surface area contributed by atoms with Gasteiger partial charge in [0.2, 0.25) is 5.91 Å². The molecule has 0 spiro atoms. The Labute approximate surface area is 154 Å². The summed E-state index contributed by atoms with van der Waals surface area (Å²) in [4.78, 5) is 21.5. The average Bonchev–Trinajstić information content (AvgIpc) is 2.55. The first-order valence-electron chi connectivity index (χ1n) is 8.61. The maximum absolute atomic E-state index is 12.5. The van der Waals surface area contributed by atoms with E-state index in [0.29, 0.717) is 18.8 Å². The topological polar surface area (TPSA) is 54.9 Å². The molecule has 134 valence electrons. The highest BCUT2D eigenvalue weighted by Crippen LogP contribution is 2.27. The second-order valence-corrected chi connectivity index (χ2v) is 7.38. The maximum atomic E-state index is 12.5. The smallest absolute Gasteiger partial charge is 0.224 e. The van der Waals surface area contributed by atoms with Crippen molar-refractivity contribution in [2.75, 3.05) is 11.6 Å². The van der Waals surface area contributed by atoms with Crippen LogP contribution >= 0.6 is 11.8 Å². The number of hydrogen-bond acceptors (Lipinski definition) is 4. The van der Waals surface area contributed by atoms with Crippen LogP contribution in [0.4, 0.5) is 5.69 Å². The first-order chi connectivity index (χ1) is 11.8. The summed E-state index contributed by atoms with van der Waals surface area (Å²) in [5.41, 5.74) is 6.21. The van der Waals surface area contributed by atoms with E-state index in [-0.39, 0.29) is 5.91 Å². The van der Waals surface area contributed by atoms with Crippen molar-refractivity contribution in [3.05, 3.63) is 46.3 Å². The summed E-state index contributed by atoms with van der Waals surface area (Å²) < 4.78 is 0. The van der Waals surface area contributed by atoms with Gasteiger partial charge >= 0.3 is 0 Å². The first kappa shape index (κ1) is 19.4. The number of carbonyl (C=O) groups excluding carboxylic acids is 1. The SMILES string of the molecule is CSc1nc(C)c(CCC(=O)Nc2c(C)cccc2C(C)C)c(C)n1. The quantitative estimate of drug-likeness (QED) is 0.595. The van der Waals surface area contributed by atoms with Crippen LogP contribution < -0.4 is 5.32 Å². The van der Waals surface area contributed by atoms with E-state index in [1.807, 2.05) is 39.2 Å². The molecule has 4 nitrogen and oxygen atoms in total. The standard InChI is InChI=1S/C20H27N3OS/c1-12(2)16-9-7-8-13(3)19(16)23-18(24)11-10-17-14(4)21-20(25-6)22-15(17)5/h7-9,12H,10-11H2,1-6H3,(H,23,24). The summed E-state index contributed by atoms with van der Waals surface area (Å²) in [6.07, 6.45) is 3.05. The minimum absolute atomic E-state index is 0.0314. The van der Waals surface area contributed by atoms with Crippen molar-refractivity contribution >= 4 is 23.4 Å². The minimum Gasteiger partial charge on any atom is -0.326 e. The Hall–Kier alpha value is -1.88. The van der Waals surface area contributed by atoms with Gasteiger partial charge in [0.25, 0.3) is 0 Å². The van der Waals surface area contributed by atoms with E-state index in [0.717, 1.165) is 33.4 Å². The van der Waals surface area contributed by atoms with Crippen LogP contribution in [0, 0.1) is 20.8 Å². The van der Waals surface area contributed by atoms with Gasteiger partial charge in [-0.15, -0.1) is 0 Å². The molecule has 2 aromatic rings. The van der Waals surface area contributed by atoms with E-state index in [2.05, 4.69) is 35.2 Å². The number of nitrogens with zero attached hydrogens (tertiary/aromatic N) is 2. The van der Waals surface area contributed by atoms with Gasteiger partial charge in [0.1, 0.15) is 0 Å². The molecule has 1 heterocycles. The van der Waals surface area contributed by atoms with Crippen LogP contribution in [0.25, 0.3) is 0 Å². The maximum Gasteiger partial charge on any atom is 0.224 e. The average molecular weight is 358 g/mol. The predicted molar refractivity (Wildman–Crippen MR) is 106 cm³/mol. The van der Waals surface area contributed by atoms with E-state index < -0.39 is 0 Å². The number of carbonyl (C=O) groups is 1. The number of nitrogens with one attached hydrogen (secondary N) is 1. The third-order valence-corrected chi connectivity index (χ3v) is 4.92. The Morgan fingerprint density at radius 1 is 1.16 bits per heavy atom. The molecule has 0 aliphatic rings. The van der Waals surface area contributed by atoms with Gasteiger partial charge in [-0.2, -0.15) is 0 Å². The van der Waals surface area contributed by atoms with Gasteiger partial charge in [0.05, 0.1) is 0 Å². The minimum atomic E-state index is 0.0314. The van der Waals surface area contributed by atoms with Crippen LogP contribution in [0.1, 0.15) is 54.3 Å². The molecule has 5 heteroatoms. The van der Waals surface area contributed by atoms with Gasteiger partial charge in [-0.3, -0.25) is 4.79 Å². The fourth-order valence-electron chi connectivity index (χ4n) is 2.94. The molecule has 1 aromatic heterocycles. The lowest BCUT2D eigenvalue weighted by molar-refractivity contribution is -0.116. The van der Waals surface area contributed by atoms with Gasteiger partial charge in [-0.05, 0) is 56.1 Å². The van der Waals surface area contributed by atoms with E-state index in [4.69, 9.17) is 0 Å². The fourth-order valence-corrected chi connectivity index (χ4v) is 3.40. The highest BCUT2D eigenvalue weighted by Gasteiger charge is 2.14. The summed E-state index contributed by atoms with van der Waals surface area (Å²) in [5, 5.41) is 3.89. The summed E-state index contributed by atoms with van der Waals surface area (Å²) in [7, 11) is 0. The van der Waals surface area contributed by atoms with Crippen LogP contribution in [-0.4, -0.2) is 22.1 Å². The van der Waals surface area contributed by atoms with Crippen molar-refractivity contribution in [2.45, 2.75) is 58.5 Å². The van der Waals surface area contributed by atoms with E-state index >= 15 is 0 Å². The Balaban J connectivity index is 2.10. The Morgan fingerprint density at radius 3 is 2.36 bits per heavy atom.